The quantitative estimate of drug-likeness (QED) is 0.510. The van der Waals surface area contributed by atoms with Crippen molar-refractivity contribution in [1.82, 2.24) is 0 Å². The molecule has 0 saturated heterocycles. The van der Waals surface area contributed by atoms with Crippen molar-refractivity contribution in [2.75, 3.05) is 6.61 Å². The number of para-hydroxylation sites is 1. The molecule has 1 atom stereocenters. The van der Waals surface area contributed by atoms with E-state index in [9.17, 15) is 0 Å². The first kappa shape index (κ1) is 16.3. The summed E-state index contributed by atoms with van der Waals surface area (Å²) in [5, 5.41) is 0. The summed E-state index contributed by atoms with van der Waals surface area (Å²) in [6.45, 7) is 2.67. The van der Waals surface area contributed by atoms with Crippen LogP contribution in [0.1, 0.15) is 51.9 Å². The highest BCUT2D eigenvalue weighted by molar-refractivity contribution is 6.07. The van der Waals surface area contributed by atoms with Crippen LogP contribution in [0.4, 0.5) is 0 Å². The molecule has 0 spiro atoms. The van der Waals surface area contributed by atoms with Crippen LogP contribution in [0.5, 0.6) is 5.75 Å². The smallest absolute Gasteiger partial charge is 0.124 e. The summed E-state index contributed by atoms with van der Waals surface area (Å²) in [4.78, 5) is 0. The Morgan fingerprint density at radius 2 is 1.68 bits per heavy atom. The van der Waals surface area contributed by atoms with Crippen LogP contribution < -0.4 is 4.74 Å². The van der Waals surface area contributed by atoms with E-state index in [1.807, 2.05) is 30.3 Å². The van der Waals surface area contributed by atoms with Gasteiger partial charge in [0.05, 0.1) is 11.9 Å². The molecular weight excluding hydrogens is 260 g/mol. The molecule has 0 N–H and O–H groups in total. The second kappa shape index (κ2) is 11.1. The number of ether oxygens (including phenoxy) is 1. The molecule has 0 aliphatic rings. The van der Waals surface area contributed by atoms with Crippen molar-refractivity contribution >= 4 is 11.9 Å². The number of hydrogen-bond acceptors (Lipinski definition) is 2. The summed E-state index contributed by atoms with van der Waals surface area (Å²) in [5.41, 5.74) is 0. The van der Waals surface area contributed by atoms with Crippen LogP contribution in [-0.2, 0) is 4.29 Å². The maximum Gasteiger partial charge on any atom is 0.124 e. The number of benzene rings is 1. The van der Waals surface area contributed by atoms with Crippen LogP contribution in [0.25, 0.3) is 0 Å². The molecule has 1 unspecified atom stereocenters. The van der Waals surface area contributed by atoms with Gasteiger partial charge in [0.25, 0.3) is 0 Å². The van der Waals surface area contributed by atoms with E-state index in [-0.39, 0.29) is 6.10 Å². The van der Waals surface area contributed by atoms with E-state index < -0.39 is 0 Å². The summed E-state index contributed by atoms with van der Waals surface area (Å²) < 4.78 is 10.6. The second-order valence-corrected chi connectivity index (χ2v) is 5.10. The fraction of sp³-hybridized carbons (Fsp3) is 0.625. The highest BCUT2D eigenvalue weighted by atomic mass is 35.5. The summed E-state index contributed by atoms with van der Waals surface area (Å²) in [7, 11) is 0. The molecule has 0 aromatic heterocycles. The van der Waals surface area contributed by atoms with Crippen LogP contribution in [0.15, 0.2) is 30.3 Å². The van der Waals surface area contributed by atoms with Gasteiger partial charge in [0.2, 0.25) is 0 Å². The zero-order chi connectivity index (χ0) is 13.8. The van der Waals surface area contributed by atoms with Gasteiger partial charge in [-0.2, -0.15) is 0 Å². The van der Waals surface area contributed by atoms with E-state index in [4.69, 9.17) is 20.9 Å². The van der Waals surface area contributed by atoms with Crippen LogP contribution >= 0.6 is 11.9 Å². The molecule has 0 radical (unpaired) electrons. The lowest BCUT2D eigenvalue weighted by atomic mass is 10.1. The monoisotopic (exact) mass is 284 g/mol. The van der Waals surface area contributed by atoms with Gasteiger partial charge in [0, 0.05) is 0 Å². The molecule has 2 nitrogen and oxygen atoms in total. The first-order valence-corrected chi connectivity index (χ1v) is 7.63. The van der Waals surface area contributed by atoms with Crippen molar-refractivity contribution < 1.29 is 9.03 Å². The minimum Gasteiger partial charge on any atom is -0.488 e. The summed E-state index contributed by atoms with van der Waals surface area (Å²) >= 11 is 5.36. The van der Waals surface area contributed by atoms with Gasteiger partial charge in [-0.1, -0.05) is 57.2 Å². The third-order valence-electron chi connectivity index (χ3n) is 3.17. The number of hydrogen-bond donors (Lipinski definition) is 0. The minimum absolute atomic E-state index is 0.0473. The van der Waals surface area contributed by atoms with Crippen molar-refractivity contribution in [3.05, 3.63) is 30.3 Å². The topological polar surface area (TPSA) is 18.5 Å². The third-order valence-corrected chi connectivity index (χ3v) is 3.30. The molecule has 19 heavy (non-hydrogen) atoms. The first-order valence-electron chi connectivity index (χ1n) is 7.32. The van der Waals surface area contributed by atoms with Crippen molar-refractivity contribution in [2.24, 2.45) is 0 Å². The molecule has 0 aliphatic carbocycles. The van der Waals surface area contributed by atoms with Crippen molar-refractivity contribution in [2.45, 2.75) is 58.0 Å². The highest BCUT2D eigenvalue weighted by Crippen LogP contribution is 2.16. The summed E-state index contributed by atoms with van der Waals surface area (Å²) in [6, 6.07) is 9.84. The van der Waals surface area contributed by atoms with E-state index >= 15 is 0 Å². The molecule has 1 aromatic rings. The molecule has 0 heterocycles. The Morgan fingerprint density at radius 1 is 1.00 bits per heavy atom. The highest BCUT2D eigenvalue weighted by Gasteiger charge is 2.10. The normalized spacial score (nSPS) is 12.3. The van der Waals surface area contributed by atoms with Gasteiger partial charge in [-0.05, 0) is 25.0 Å². The van der Waals surface area contributed by atoms with Gasteiger partial charge in [0.1, 0.15) is 18.5 Å². The van der Waals surface area contributed by atoms with Crippen molar-refractivity contribution in [1.29, 1.82) is 0 Å². The van der Waals surface area contributed by atoms with Gasteiger partial charge in [-0.25, -0.2) is 0 Å². The van der Waals surface area contributed by atoms with Gasteiger partial charge in [-0.3, -0.25) is 4.29 Å². The van der Waals surface area contributed by atoms with Gasteiger partial charge >= 0.3 is 0 Å². The Labute approximate surface area is 122 Å². The van der Waals surface area contributed by atoms with Crippen molar-refractivity contribution in [3.63, 3.8) is 0 Å². The lowest BCUT2D eigenvalue weighted by Gasteiger charge is -2.17. The Hall–Kier alpha value is -0.730. The molecule has 0 fully saturated rings. The maximum atomic E-state index is 5.87. The molecule has 0 bridgehead atoms. The van der Waals surface area contributed by atoms with Gasteiger partial charge < -0.3 is 4.74 Å². The van der Waals surface area contributed by atoms with E-state index in [1.165, 1.54) is 38.5 Å². The Morgan fingerprint density at radius 3 is 2.37 bits per heavy atom. The predicted molar refractivity (Wildman–Crippen MR) is 80.7 cm³/mol. The fourth-order valence-corrected chi connectivity index (χ4v) is 2.23. The summed E-state index contributed by atoms with van der Waals surface area (Å²) in [6.07, 6.45) is 8.76. The lowest BCUT2D eigenvalue weighted by molar-refractivity contribution is 0.124. The van der Waals surface area contributed by atoms with Crippen LogP contribution in [0.2, 0.25) is 0 Å². The SMILES string of the molecule is CCCCCCCCC(COCl)Oc1ccccc1. The van der Waals surface area contributed by atoms with Gasteiger partial charge in [-0.15, -0.1) is 0 Å². The van der Waals surface area contributed by atoms with E-state index in [1.54, 1.807) is 0 Å². The standard InChI is InChI=1S/C16H25ClO2/c1-2-3-4-5-6-8-13-16(14-18-17)19-15-11-9-7-10-12-15/h7,9-12,16H,2-6,8,13-14H2,1H3. The van der Waals surface area contributed by atoms with Crippen LogP contribution in [0, 0.1) is 0 Å². The van der Waals surface area contributed by atoms with E-state index in [2.05, 4.69) is 6.92 Å². The maximum absolute atomic E-state index is 5.87. The number of halogens is 1. The molecule has 1 aromatic carbocycles. The predicted octanol–water partition coefficient (Wildman–Crippen LogP) is 5.36. The molecular formula is C16H25ClO2. The largest absolute Gasteiger partial charge is 0.488 e. The fourth-order valence-electron chi connectivity index (χ4n) is 2.09. The van der Waals surface area contributed by atoms with Crippen LogP contribution in [-0.4, -0.2) is 12.7 Å². The van der Waals surface area contributed by atoms with E-state index in [0.717, 1.165) is 12.2 Å². The van der Waals surface area contributed by atoms with Crippen molar-refractivity contribution in [3.8, 4) is 5.75 Å². The first-order chi connectivity index (χ1) is 9.36. The van der Waals surface area contributed by atoms with E-state index in [0.29, 0.717) is 6.61 Å². The average molecular weight is 285 g/mol. The zero-order valence-corrected chi connectivity index (χ0v) is 12.6. The Balaban J connectivity index is 2.21. The molecule has 0 saturated carbocycles. The Bertz CT molecular complexity index is 303. The molecule has 108 valence electrons. The lowest BCUT2D eigenvalue weighted by Crippen LogP contribution is -2.21. The molecule has 0 aliphatic heterocycles. The zero-order valence-electron chi connectivity index (χ0n) is 11.8. The Kier molecular flexibility index (Phi) is 9.56. The van der Waals surface area contributed by atoms with Crippen LogP contribution in [0.3, 0.4) is 0 Å². The number of rotatable bonds is 11. The number of unbranched alkanes of at least 4 members (excludes halogenated alkanes) is 5. The molecule has 3 heteroatoms. The summed E-state index contributed by atoms with van der Waals surface area (Å²) in [5.74, 6) is 0.882. The molecule has 0 amide bonds. The third kappa shape index (κ3) is 8.12. The van der Waals surface area contributed by atoms with Gasteiger partial charge in [0.15, 0.2) is 0 Å². The minimum atomic E-state index is 0.0473. The average Bonchev–Trinajstić information content (AvgIpc) is 2.44. The molecule has 1 rings (SSSR count). The second-order valence-electron chi connectivity index (χ2n) is 4.89.